The Morgan fingerprint density at radius 1 is 1.00 bits per heavy atom. The molecule has 6 nitrogen and oxygen atoms in total. The third-order valence-electron chi connectivity index (χ3n) is 6.04. The number of carbonyl (C=O) groups is 1. The van der Waals surface area contributed by atoms with Crippen LogP contribution >= 0.6 is 23.2 Å². The molecule has 1 atom stereocenters. The van der Waals surface area contributed by atoms with Gasteiger partial charge < -0.3 is 10.2 Å². The van der Waals surface area contributed by atoms with Gasteiger partial charge in [-0.3, -0.25) is 9.10 Å². The summed E-state index contributed by atoms with van der Waals surface area (Å²) in [6.45, 7) is 3.55. The summed E-state index contributed by atoms with van der Waals surface area (Å²) in [6, 6.07) is 20.2. The highest BCUT2D eigenvalue weighted by atomic mass is 35.5. The number of nitrogens with one attached hydrogen (secondary N) is 1. The quantitative estimate of drug-likeness (QED) is 0.406. The van der Waals surface area contributed by atoms with Crippen LogP contribution in [0.5, 0.6) is 0 Å². The van der Waals surface area contributed by atoms with E-state index in [1.807, 2.05) is 19.1 Å². The van der Waals surface area contributed by atoms with Gasteiger partial charge in [0.15, 0.2) is 0 Å². The van der Waals surface area contributed by atoms with Crippen LogP contribution < -0.4 is 14.5 Å². The largest absolute Gasteiger partial charge is 0.372 e. The van der Waals surface area contributed by atoms with E-state index >= 15 is 0 Å². The van der Waals surface area contributed by atoms with E-state index in [4.69, 9.17) is 23.2 Å². The molecule has 0 aliphatic carbocycles. The van der Waals surface area contributed by atoms with E-state index in [-0.39, 0.29) is 21.6 Å². The van der Waals surface area contributed by atoms with Crippen LogP contribution in [-0.4, -0.2) is 34.0 Å². The lowest BCUT2D eigenvalue weighted by Gasteiger charge is -2.26. The molecule has 1 saturated heterocycles. The maximum absolute atomic E-state index is 13.5. The molecule has 1 aliphatic heterocycles. The molecule has 1 amide bonds. The van der Waals surface area contributed by atoms with Crippen molar-refractivity contribution in [1.82, 2.24) is 5.32 Å². The van der Waals surface area contributed by atoms with E-state index in [1.54, 1.807) is 24.3 Å². The van der Waals surface area contributed by atoms with Gasteiger partial charge in [0, 0.05) is 23.8 Å². The summed E-state index contributed by atoms with van der Waals surface area (Å²) in [5, 5.41) is 3.41. The first-order valence-electron chi connectivity index (χ1n) is 11.4. The van der Waals surface area contributed by atoms with E-state index in [9.17, 15) is 13.2 Å². The van der Waals surface area contributed by atoms with Crippen LogP contribution in [0, 0.1) is 0 Å². The molecule has 184 valence electrons. The van der Waals surface area contributed by atoms with Gasteiger partial charge >= 0.3 is 0 Å². The van der Waals surface area contributed by atoms with Crippen molar-refractivity contribution < 1.29 is 13.2 Å². The van der Waals surface area contributed by atoms with Crippen molar-refractivity contribution in [2.75, 3.05) is 28.8 Å². The molecule has 1 aliphatic rings. The lowest BCUT2D eigenvalue weighted by Crippen LogP contribution is -2.41. The monoisotopic (exact) mass is 531 g/mol. The van der Waals surface area contributed by atoms with Gasteiger partial charge in [-0.2, -0.15) is 0 Å². The third-order valence-corrected chi connectivity index (χ3v) is 8.35. The zero-order valence-corrected chi connectivity index (χ0v) is 21.7. The Labute approximate surface area is 216 Å². The highest BCUT2D eigenvalue weighted by molar-refractivity contribution is 7.92. The third kappa shape index (κ3) is 5.92. The molecule has 35 heavy (non-hydrogen) atoms. The molecule has 3 aromatic rings. The summed E-state index contributed by atoms with van der Waals surface area (Å²) in [5.41, 5.74) is 2.28. The van der Waals surface area contributed by atoms with Crippen molar-refractivity contribution in [3.8, 4) is 0 Å². The Morgan fingerprint density at radius 2 is 1.66 bits per heavy atom. The van der Waals surface area contributed by atoms with E-state index in [0.29, 0.717) is 5.02 Å². The summed E-state index contributed by atoms with van der Waals surface area (Å²) >= 11 is 12.4. The summed E-state index contributed by atoms with van der Waals surface area (Å²) in [5.74, 6) is -0.452. The zero-order valence-electron chi connectivity index (χ0n) is 19.3. The fourth-order valence-electron chi connectivity index (χ4n) is 4.15. The smallest absolute Gasteiger partial charge is 0.264 e. The number of hydrogen-bond acceptors (Lipinski definition) is 4. The fourth-order valence-corrected chi connectivity index (χ4v) is 6.17. The van der Waals surface area contributed by atoms with Crippen LogP contribution in [0.1, 0.15) is 31.4 Å². The van der Waals surface area contributed by atoms with E-state index in [2.05, 4.69) is 22.3 Å². The fraction of sp³-hybridized carbons (Fsp3) is 0.269. The number of hydrogen-bond donors (Lipinski definition) is 1. The summed E-state index contributed by atoms with van der Waals surface area (Å²) in [7, 11) is -4.06. The number of anilines is 2. The Balaban J connectivity index is 1.54. The van der Waals surface area contributed by atoms with Crippen LogP contribution in [-0.2, 0) is 14.8 Å². The van der Waals surface area contributed by atoms with Gasteiger partial charge in [-0.1, -0.05) is 53.5 Å². The Kier molecular flexibility index (Phi) is 7.89. The molecule has 1 heterocycles. The maximum Gasteiger partial charge on any atom is 0.264 e. The molecule has 0 radical (unpaired) electrons. The van der Waals surface area contributed by atoms with Gasteiger partial charge in [-0.15, -0.1) is 0 Å². The van der Waals surface area contributed by atoms with Gasteiger partial charge in [-0.25, -0.2) is 8.42 Å². The number of amides is 1. The maximum atomic E-state index is 13.5. The van der Waals surface area contributed by atoms with Crippen molar-refractivity contribution >= 4 is 50.5 Å². The summed E-state index contributed by atoms with van der Waals surface area (Å²) in [6.07, 6.45) is 2.41. The highest BCUT2D eigenvalue weighted by Gasteiger charge is 2.29. The SMILES string of the molecule is CC(NC(=O)CN(c1ccc(Cl)cc1Cl)S(=O)(=O)c1ccccc1)c1ccc(N2CCCC2)cc1. The number of halogens is 2. The molecular weight excluding hydrogens is 505 g/mol. The van der Waals surface area contributed by atoms with Crippen molar-refractivity contribution in [3.63, 3.8) is 0 Å². The average Bonchev–Trinajstić information content (AvgIpc) is 3.39. The Hall–Kier alpha value is -2.74. The van der Waals surface area contributed by atoms with Crippen LogP contribution in [0.4, 0.5) is 11.4 Å². The van der Waals surface area contributed by atoms with E-state index in [0.717, 1.165) is 23.0 Å². The van der Waals surface area contributed by atoms with Crippen molar-refractivity contribution in [2.24, 2.45) is 0 Å². The van der Waals surface area contributed by atoms with Crippen LogP contribution in [0.3, 0.4) is 0 Å². The molecule has 9 heteroatoms. The van der Waals surface area contributed by atoms with E-state index < -0.39 is 22.5 Å². The number of carbonyl (C=O) groups excluding carboxylic acids is 1. The van der Waals surface area contributed by atoms with Gasteiger partial charge in [0.1, 0.15) is 6.54 Å². The standard InChI is InChI=1S/C26H27Cl2N3O3S/c1-19(20-9-12-22(13-10-20)30-15-5-6-16-30)29-26(32)18-31(25-14-11-21(27)17-24(25)28)35(33,34)23-7-3-2-4-8-23/h2-4,7-14,17,19H,5-6,15-16,18H2,1H3,(H,29,32). The summed E-state index contributed by atoms with van der Waals surface area (Å²) in [4.78, 5) is 15.5. The predicted molar refractivity (Wildman–Crippen MR) is 142 cm³/mol. The molecule has 1 fully saturated rings. The highest BCUT2D eigenvalue weighted by Crippen LogP contribution is 2.32. The molecule has 4 rings (SSSR count). The van der Waals surface area contributed by atoms with Gasteiger partial charge in [0.2, 0.25) is 5.91 Å². The molecule has 3 aromatic carbocycles. The Bertz CT molecular complexity index is 1280. The Morgan fingerprint density at radius 3 is 2.29 bits per heavy atom. The molecule has 1 unspecified atom stereocenters. The minimum Gasteiger partial charge on any atom is -0.372 e. The minimum atomic E-state index is -4.06. The van der Waals surface area contributed by atoms with E-state index in [1.165, 1.54) is 42.8 Å². The first kappa shape index (κ1) is 25.4. The second kappa shape index (κ2) is 10.9. The van der Waals surface area contributed by atoms with Crippen LogP contribution in [0.25, 0.3) is 0 Å². The normalized spacial score (nSPS) is 14.5. The lowest BCUT2D eigenvalue weighted by molar-refractivity contribution is -0.120. The van der Waals surface area contributed by atoms with Crippen molar-refractivity contribution in [2.45, 2.75) is 30.7 Å². The molecule has 0 saturated carbocycles. The lowest BCUT2D eigenvalue weighted by atomic mass is 10.1. The van der Waals surface area contributed by atoms with Gasteiger partial charge in [-0.05, 0) is 67.8 Å². The topological polar surface area (TPSA) is 69.7 Å². The second-order valence-electron chi connectivity index (χ2n) is 8.50. The number of nitrogens with zero attached hydrogens (tertiary/aromatic N) is 2. The molecule has 0 spiro atoms. The van der Waals surface area contributed by atoms with Crippen molar-refractivity contribution in [3.05, 3.63) is 88.4 Å². The van der Waals surface area contributed by atoms with Crippen LogP contribution in [0.2, 0.25) is 10.0 Å². The minimum absolute atomic E-state index is 0.0596. The first-order valence-corrected chi connectivity index (χ1v) is 13.6. The van der Waals surface area contributed by atoms with Gasteiger partial charge in [0.05, 0.1) is 21.6 Å². The molecule has 1 N–H and O–H groups in total. The van der Waals surface area contributed by atoms with Gasteiger partial charge in [0.25, 0.3) is 10.0 Å². The van der Waals surface area contributed by atoms with Crippen molar-refractivity contribution in [1.29, 1.82) is 0 Å². The number of benzene rings is 3. The zero-order chi connectivity index (χ0) is 25.0. The number of sulfonamides is 1. The molecule has 0 bridgehead atoms. The molecule has 0 aromatic heterocycles. The molecular formula is C26H27Cl2N3O3S. The first-order chi connectivity index (χ1) is 16.8. The summed E-state index contributed by atoms with van der Waals surface area (Å²) < 4.78 is 28.0. The average molecular weight is 532 g/mol. The number of rotatable bonds is 8. The van der Waals surface area contributed by atoms with Crippen LogP contribution in [0.15, 0.2) is 77.7 Å². The predicted octanol–water partition coefficient (Wildman–Crippen LogP) is 5.67. The second-order valence-corrected chi connectivity index (χ2v) is 11.2.